The molecular formula is C23H25FN6O. The third-order valence-corrected chi connectivity index (χ3v) is 6.80. The number of aryl methyl sites for hydroxylation is 2. The minimum atomic E-state index is -0.390. The Balaban J connectivity index is 1.37. The van der Waals surface area contributed by atoms with Crippen LogP contribution in [0.2, 0.25) is 0 Å². The minimum absolute atomic E-state index is 0.277. The molecule has 0 N–H and O–H groups in total. The molecular weight excluding hydrogens is 395 g/mol. The molecule has 0 bridgehead atoms. The van der Waals surface area contributed by atoms with Gasteiger partial charge in [-0.3, -0.25) is 0 Å². The van der Waals surface area contributed by atoms with Crippen molar-refractivity contribution in [1.82, 2.24) is 24.5 Å². The zero-order chi connectivity index (χ0) is 21.3. The number of aromatic nitrogens is 4. The lowest BCUT2D eigenvalue weighted by atomic mass is 9.86. The fourth-order valence-electron chi connectivity index (χ4n) is 5.24. The summed E-state index contributed by atoms with van der Waals surface area (Å²) in [5, 5.41) is 4.62. The second kappa shape index (κ2) is 6.50. The molecule has 2 aliphatic heterocycles. The lowest BCUT2D eigenvalue weighted by Crippen LogP contribution is -2.29. The second-order valence-corrected chi connectivity index (χ2v) is 9.32. The van der Waals surface area contributed by atoms with E-state index in [-0.39, 0.29) is 5.52 Å². The number of likely N-dealkylation sites (tertiary alicyclic amines) is 1. The zero-order valence-electron chi connectivity index (χ0n) is 18.0. The molecule has 2 saturated heterocycles. The third kappa shape index (κ3) is 3.00. The summed E-state index contributed by atoms with van der Waals surface area (Å²) in [6, 6.07) is 5.77. The van der Waals surface area contributed by atoms with Crippen LogP contribution in [0.1, 0.15) is 24.1 Å². The number of fused-ring (bicyclic) bond motifs is 2. The average molecular weight is 420 g/mol. The van der Waals surface area contributed by atoms with Gasteiger partial charge in [0.25, 0.3) is 6.01 Å². The summed E-state index contributed by atoms with van der Waals surface area (Å²) < 4.78 is 22.8. The monoisotopic (exact) mass is 420 g/mol. The van der Waals surface area contributed by atoms with Gasteiger partial charge in [-0.05, 0) is 64.0 Å². The largest absolute Gasteiger partial charge is 0.423 e. The van der Waals surface area contributed by atoms with Gasteiger partial charge in [-0.25, -0.2) is 13.9 Å². The molecule has 7 nitrogen and oxygen atoms in total. The van der Waals surface area contributed by atoms with Crippen molar-refractivity contribution >= 4 is 22.8 Å². The molecule has 0 amide bonds. The Bertz CT molecular complexity index is 1330. The number of benzene rings is 1. The number of halogens is 1. The molecule has 1 spiro atoms. The molecule has 3 aromatic heterocycles. The normalized spacial score (nSPS) is 22.0. The van der Waals surface area contributed by atoms with Crippen molar-refractivity contribution in [2.45, 2.75) is 26.7 Å². The van der Waals surface area contributed by atoms with Gasteiger partial charge in [0.15, 0.2) is 17.0 Å². The Morgan fingerprint density at radius 2 is 1.90 bits per heavy atom. The Labute approximate surface area is 179 Å². The number of hydrogen-bond acceptors (Lipinski definition) is 6. The summed E-state index contributed by atoms with van der Waals surface area (Å²) >= 11 is 0. The molecule has 4 aromatic rings. The van der Waals surface area contributed by atoms with Gasteiger partial charge < -0.3 is 14.2 Å². The van der Waals surface area contributed by atoms with Crippen LogP contribution < -0.4 is 4.90 Å². The number of nitrogens with zero attached hydrogens (tertiary/aromatic N) is 6. The first-order valence-electron chi connectivity index (χ1n) is 10.8. The standard InChI is InChI=1S/C23H25FN6O/c1-14-8-18(27-30-11-15(2)25-21(14)30)16-9-17(24)20-19(10-16)31-22(26-20)29-7-5-23(13-29)4-6-28(3)12-23/h8-11H,4-7,12-13H2,1-3H3. The summed E-state index contributed by atoms with van der Waals surface area (Å²) in [7, 11) is 2.17. The maximum atomic E-state index is 15.0. The number of anilines is 1. The smallest absolute Gasteiger partial charge is 0.298 e. The predicted molar refractivity (Wildman–Crippen MR) is 117 cm³/mol. The fourth-order valence-corrected chi connectivity index (χ4v) is 5.24. The molecule has 1 atom stereocenters. The van der Waals surface area contributed by atoms with Gasteiger partial charge in [-0.2, -0.15) is 10.1 Å². The second-order valence-electron chi connectivity index (χ2n) is 9.32. The van der Waals surface area contributed by atoms with E-state index in [0.29, 0.717) is 28.3 Å². The van der Waals surface area contributed by atoms with Crippen LogP contribution in [0.25, 0.3) is 28.0 Å². The molecule has 2 aliphatic rings. The molecule has 0 saturated carbocycles. The van der Waals surface area contributed by atoms with Crippen molar-refractivity contribution in [2.75, 3.05) is 38.1 Å². The van der Waals surface area contributed by atoms with Crippen LogP contribution in [0.5, 0.6) is 0 Å². The highest BCUT2D eigenvalue weighted by Gasteiger charge is 2.43. The van der Waals surface area contributed by atoms with Crippen molar-refractivity contribution in [3.63, 3.8) is 0 Å². The van der Waals surface area contributed by atoms with Crippen LogP contribution in [-0.4, -0.2) is 57.7 Å². The Morgan fingerprint density at radius 3 is 2.71 bits per heavy atom. The first kappa shape index (κ1) is 18.7. The highest BCUT2D eigenvalue weighted by atomic mass is 19.1. The quantitative estimate of drug-likeness (QED) is 0.491. The van der Waals surface area contributed by atoms with E-state index >= 15 is 4.39 Å². The Kier molecular flexibility index (Phi) is 3.93. The summed E-state index contributed by atoms with van der Waals surface area (Å²) in [6.45, 7) is 7.96. The summed E-state index contributed by atoms with van der Waals surface area (Å²) in [4.78, 5) is 13.5. The molecule has 8 heteroatoms. The Hall–Kier alpha value is -3.00. The Morgan fingerprint density at radius 1 is 1.06 bits per heavy atom. The molecule has 5 heterocycles. The van der Waals surface area contributed by atoms with E-state index in [1.807, 2.05) is 32.2 Å². The highest BCUT2D eigenvalue weighted by molar-refractivity contribution is 5.81. The van der Waals surface area contributed by atoms with Crippen LogP contribution >= 0.6 is 0 Å². The number of imidazole rings is 1. The molecule has 1 unspecified atom stereocenters. The van der Waals surface area contributed by atoms with E-state index in [4.69, 9.17) is 4.42 Å². The van der Waals surface area contributed by atoms with E-state index < -0.39 is 5.82 Å². The lowest BCUT2D eigenvalue weighted by molar-refractivity contribution is 0.311. The number of oxazole rings is 1. The molecule has 6 rings (SSSR count). The third-order valence-electron chi connectivity index (χ3n) is 6.80. The van der Waals surface area contributed by atoms with Crippen molar-refractivity contribution in [2.24, 2.45) is 5.41 Å². The summed E-state index contributed by atoms with van der Waals surface area (Å²) in [6.07, 6.45) is 4.19. The molecule has 2 fully saturated rings. The van der Waals surface area contributed by atoms with Crippen LogP contribution in [0.4, 0.5) is 10.4 Å². The van der Waals surface area contributed by atoms with Crippen molar-refractivity contribution < 1.29 is 8.81 Å². The van der Waals surface area contributed by atoms with Crippen LogP contribution in [0.3, 0.4) is 0 Å². The van der Waals surface area contributed by atoms with E-state index in [0.717, 1.165) is 49.5 Å². The molecule has 1 aromatic carbocycles. The first-order valence-corrected chi connectivity index (χ1v) is 10.8. The zero-order valence-corrected chi connectivity index (χ0v) is 18.0. The van der Waals surface area contributed by atoms with Crippen molar-refractivity contribution in [1.29, 1.82) is 0 Å². The highest BCUT2D eigenvalue weighted by Crippen LogP contribution is 2.41. The van der Waals surface area contributed by atoms with Gasteiger partial charge >= 0.3 is 0 Å². The summed E-state index contributed by atoms with van der Waals surface area (Å²) in [5.41, 5.74) is 5.07. The van der Waals surface area contributed by atoms with Gasteiger partial charge in [0.1, 0.15) is 5.52 Å². The minimum Gasteiger partial charge on any atom is -0.423 e. The maximum absolute atomic E-state index is 15.0. The van der Waals surface area contributed by atoms with Crippen LogP contribution in [0, 0.1) is 25.1 Å². The predicted octanol–water partition coefficient (Wildman–Crippen LogP) is 3.83. The molecule has 160 valence electrons. The van der Waals surface area contributed by atoms with Gasteiger partial charge in [0.2, 0.25) is 0 Å². The van der Waals surface area contributed by atoms with Gasteiger partial charge in [-0.15, -0.1) is 0 Å². The van der Waals surface area contributed by atoms with Crippen LogP contribution in [-0.2, 0) is 0 Å². The number of rotatable bonds is 2. The van der Waals surface area contributed by atoms with Gasteiger partial charge in [-0.1, -0.05) is 0 Å². The topological polar surface area (TPSA) is 62.7 Å². The van der Waals surface area contributed by atoms with Gasteiger partial charge in [0.05, 0.1) is 17.6 Å². The van der Waals surface area contributed by atoms with Crippen molar-refractivity contribution in [3.05, 3.63) is 41.5 Å². The SMILES string of the molecule is Cc1cn2nc(-c3cc(F)c4nc(N5CCC6(CCN(C)C6)C5)oc4c3)cc(C)c2n1. The maximum Gasteiger partial charge on any atom is 0.298 e. The number of hydrogen-bond donors (Lipinski definition) is 0. The van der Waals surface area contributed by atoms with Crippen LogP contribution in [0.15, 0.2) is 28.8 Å². The molecule has 31 heavy (non-hydrogen) atoms. The van der Waals surface area contributed by atoms with E-state index in [2.05, 4.69) is 31.9 Å². The molecule has 0 radical (unpaired) electrons. The van der Waals surface area contributed by atoms with Crippen molar-refractivity contribution in [3.8, 4) is 11.3 Å². The summed E-state index contributed by atoms with van der Waals surface area (Å²) in [5.74, 6) is -0.390. The molecule has 0 aliphatic carbocycles. The first-order chi connectivity index (χ1) is 14.9. The lowest BCUT2D eigenvalue weighted by Gasteiger charge is -2.22. The average Bonchev–Trinajstić information content (AvgIpc) is 3.48. The van der Waals surface area contributed by atoms with E-state index in [9.17, 15) is 0 Å². The van der Waals surface area contributed by atoms with E-state index in [1.54, 1.807) is 4.52 Å². The fraction of sp³-hybridized carbons (Fsp3) is 0.435. The van der Waals surface area contributed by atoms with Gasteiger partial charge in [0, 0.05) is 30.6 Å². The van der Waals surface area contributed by atoms with E-state index in [1.165, 1.54) is 12.5 Å².